The van der Waals surface area contributed by atoms with Gasteiger partial charge in [0.1, 0.15) is 0 Å². The zero-order valence-corrected chi connectivity index (χ0v) is 9.34. The van der Waals surface area contributed by atoms with Crippen molar-refractivity contribution in [1.82, 2.24) is 5.32 Å². The van der Waals surface area contributed by atoms with Crippen LogP contribution in [0, 0.1) is 5.92 Å². The lowest BCUT2D eigenvalue weighted by Gasteiger charge is -2.09. The van der Waals surface area contributed by atoms with Crippen LogP contribution in [0.4, 0.5) is 0 Å². The molecule has 1 N–H and O–H groups in total. The van der Waals surface area contributed by atoms with E-state index in [0.717, 1.165) is 26.0 Å². The van der Waals surface area contributed by atoms with E-state index in [0.29, 0.717) is 6.54 Å². The molecule has 0 fully saturated rings. The van der Waals surface area contributed by atoms with Crippen LogP contribution in [0.15, 0.2) is 0 Å². The Hall–Kier alpha value is -0.610. The van der Waals surface area contributed by atoms with Gasteiger partial charge in [-0.15, -0.1) is 0 Å². The van der Waals surface area contributed by atoms with Crippen LogP contribution < -0.4 is 5.32 Å². The molecule has 0 aliphatic rings. The quantitative estimate of drug-likeness (QED) is 0.468. The minimum absolute atomic E-state index is 0.0672. The number of rotatable bonds is 8. The Morgan fingerprint density at radius 1 is 1.36 bits per heavy atom. The van der Waals surface area contributed by atoms with Crippen molar-refractivity contribution in [3.05, 3.63) is 0 Å². The average Bonchev–Trinajstić information content (AvgIpc) is 2.21. The molecule has 0 aromatic heterocycles. The first-order valence-corrected chi connectivity index (χ1v) is 4.99. The maximum absolute atomic E-state index is 11.0. The highest BCUT2D eigenvalue weighted by atomic mass is 16.5. The number of hydrogen-bond acceptors (Lipinski definition) is 4. The summed E-state index contributed by atoms with van der Waals surface area (Å²) in [6.45, 7) is 4.26. The van der Waals surface area contributed by atoms with Crippen LogP contribution in [-0.2, 0) is 14.3 Å². The smallest absolute Gasteiger partial charge is 0.309 e. The highest BCUT2D eigenvalue weighted by Gasteiger charge is 2.11. The molecular weight excluding hydrogens is 182 g/mol. The highest BCUT2D eigenvalue weighted by molar-refractivity contribution is 5.71. The van der Waals surface area contributed by atoms with Crippen LogP contribution >= 0.6 is 0 Å². The summed E-state index contributed by atoms with van der Waals surface area (Å²) in [5, 5.41) is 3.20. The molecule has 4 heteroatoms. The lowest BCUT2D eigenvalue weighted by Crippen LogP contribution is -2.28. The maximum atomic E-state index is 11.0. The third kappa shape index (κ3) is 6.86. The number of nitrogens with one attached hydrogen (secondary N) is 1. The van der Waals surface area contributed by atoms with Gasteiger partial charge >= 0.3 is 5.97 Å². The number of ether oxygens (including phenoxy) is 2. The highest BCUT2D eigenvalue weighted by Crippen LogP contribution is 1.95. The number of unbranched alkanes of at least 4 members (excludes halogenated alkanes) is 1. The Balaban J connectivity index is 3.23. The van der Waals surface area contributed by atoms with Crippen LogP contribution in [0.5, 0.6) is 0 Å². The zero-order valence-electron chi connectivity index (χ0n) is 9.34. The molecule has 0 radical (unpaired) electrons. The standard InChI is InChI=1S/C10H21NO3/c1-9(10(12)14-3)8-11-6-4-5-7-13-2/h9,11H,4-8H2,1-3H3. The molecule has 1 atom stereocenters. The van der Waals surface area contributed by atoms with E-state index in [1.807, 2.05) is 6.92 Å². The molecule has 0 aliphatic heterocycles. The van der Waals surface area contributed by atoms with Crippen molar-refractivity contribution >= 4 is 5.97 Å². The summed E-state index contributed by atoms with van der Waals surface area (Å²) >= 11 is 0. The van der Waals surface area contributed by atoms with E-state index in [1.165, 1.54) is 7.11 Å². The van der Waals surface area contributed by atoms with Gasteiger partial charge in [-0.2, -0.15) is 0 Å². The number of hydrogen-bond donors (Lipinski definition) is 1. The summed E-state index contributed by atoms with van der Waals surface area (Å²) in [5.41, 5.74) is 0. The van der Waals surface area contributed by atoms with E-state index in [9.17, 15) is 4.79 Å². The SMILES string of the molecule is COCCCCNCC(C)C(=O)OC. The van der Waals surface area contributed by atoms with E-state index in [2.05, 4.69) is 10.1 Å². The Labute approximate surface area is 86.0 Å². The molecule has 0 saturated heterocycles. The van der Waals surface area contributed by atoms with Gasteiger partial charge in [-0.1, -0.05) is 6.92 Å². The normalized spacial score (nSPS) is 12.5. The van der Waals surface area contributed by atoms with E-state index in [-0.39, 0.29) is 11.9 Å². The summed E-state index contributed by atoms with van der Waals surface area (Å²) in [6, 6.07) is 0. The lowest BCUT2D eigenvalue weighted by atomic mass is 10.2. The molecule has 0 aromatic rings. The van der Waals surface area contributed by atoms with E-state index in [1.54, 1.807) is 7.11 Å². The lowest BCUT2D eigenvalue weighted by molar-refractivity contribution is -0.144. The van der Waals surface area contributed by atoms with Gasteiger partial charge in [-0.05, 0) is 19.4 Å². The minimum atomic E-state index is -0.158. The third-order valence-electron chi connectivity index (χ3n) is 2.01. The van der Waals surface area contributed by atoms with Crippen LogP contribution in [0.25, 0.3) is 0 Å². The molecule has 0 aromatic carbocycles. The van der Waals surface area contributed by atoms with Crippen molar-refractivity contribution in [3.63, 3.8) is 0 Å². The summed E-state index contributed by atoms with van der Waals surface area (Å²) in [7, 11) is 3.12. The molecule has 0 spiro atoms. The number of methoxy groups -OCH3 is 2. The molecule has 0 saturated carbocycles. The topological polar surface area (TPSA) is 47.6 Å². The second-order valence-electron chi connectivity index (χ2n) is 3.33. The second kappa shape index (κ2) is 8.97. The summed E-state index contributed by atoms with van der Waals surface area (Å²) in [6.07, 6.45) is 2.12. The van der Waals surface area contributed by atoms with Crippen molar-refractivity contribution in [2.45, 2.75) is 19.8 Å². The second-order valence-corrected chi connectivity index (χ2v) is 3.33. The van der Waals surface area contributed by atoms with Crippen LogP contribution in [-0.4, -0.2) is 39.9 Å². The molecule has 1 unspecified atom stereocenters. The third-order valence-corrected chi connectivity index (χ3v) is 2.01. The predicted molar refractivity (Wildman–Crippen MR) is 55.2 cm³/mol. The zero-order chi connectivity index (χ0) is 10.8. The number of esters is 1. The predicted octanol–water partition coefficient (Wildman–Crippen LogP) is 0.812. The van der Waals surface area contributed by atoms with Crippen molar-refractivity contribution in [1.29, 1.82) is 0 Å². The van der Waals surface area contributed by atoms with E-state index in [4.69, 9.17) is 4.74 Å². The van der Waals surface area contributed by atoms with Gasteiger partial charge in [-0.25, -0.2) is 0 Å². The molecule has 0 bridgehead atoms. The summed E-state index contributed by atoms with van der Waals surface area (Å²) < 4.78 is 9.53. The number of carbonyl (C=O) groups excluding carboxylic acids is 1. The molecule has 0 amide bonds. The Kier molecular flexibility index (Phi) is 8.57. The molecule has 84 valence electrons. The fraction of sp³-hybridized carbons (Fsp3) is 0.900. The number of carbonyl (C=O) groups is 1. The van der Waals surface area contributed by atoms with Gasteiger partial charge in [0.25, 0.3) is 0 Å². The van der Waals surface area contributed by atoms with Gasteiger partial charge in [0.05, 0.1) is 13.0 Å². The fourth-order valence-electron chi connectivity index (χ4n) is 1.10. The summed E-state index contributed by atoms with van der Waals surface area (Å²) in [4.78, 5) is 11.0. The first-order chi connectivity index (χ1) is 6.72. The minimum Gasteiger partial charge on any atom is -0.469 e. The van der Waals surface area contributed by atoms with E-state index < -0.39 is 0 Å². The molecule has 4 nitrogen and oxygen atoms in total. The Morgan fingerprint density at radius 2 is 2.07 bits per heavy atom. The van der Waals surface area contributed by atoms with Crippen LogP contribution in [0.3, 0.4) is 0 Å². The van der Waals surface area contributed by atoms with Gasteiger partial charge < -0.3 is 14.8 Å². The van der Waals surface area contributed by atoms with Gasteiger partial charge in [-0.3, -0.25) is 4.79 Å². The van der Waals surface area contributed by atoms with Crippen molar-refractivity contribution in [2.75, 3.05) is 33.9 Å². The average molecular weight is 203 g/mol. The summed E-state index contributed by atoms with van der Waals surface area (Å²) in [5.74, 6) is -0.225. The Morgan fingerprint density at radius 3 is 2.64 bits per heavy atom. The van der Waals surface area contributed by atoms with Crippen LogP contribution in [0.2, 0.25) is 0 Å². The largest absolute Gasteiger partial charge is 0.469 e. The van der Waals surface area contributed by atoms with Gasteiger partial charge in [0.2, 0.25) is 0 Å². The van der Waals surface area contributed by atoms with Crippen molar-refractivity contribution in [2.24, 2.45) is 5.92 Å². The van der Waals surface area contributed by atoms with Gasteiger partial charge in [0.15, 0.2) is 0 Å². The fourth-order valence-corrected chi connectivity index (χ4v) is 1.10. The van der Waals surface area contributed by atoms with Crippen molar-refractivity contribution < 1.29 is 14.3 Å². The maximum Gasteiger partial charge on any atom is 0.309 e. The Bertz CT molecular complexity index is 150. The first-order valence-electron chi connectivity index (χ1n) is 4.99. The van der Waals surface area contributed by atoms with Crippen LogP contribution in [0.1, 0.15) is 19.8 Å². The molecular formula is C10H21NO3. The van der Waals surface area contributed by atoms with Gasteiger partial charge in [0, 0.05) is 20.3 Å². The van der Waals surface area contributed by atoms with E-state index >= 15 is 0 Å². The molecule has 0 aliphatic carbocycles. The molecule has 0 heterocycles. The first kappa shape index (κ1) is 13.4. The van der Waals surface area contributed by atoms with Crippen molar-refractivity contribution in [3.8, 4) is 0 Å². The molecule has 14 heavy (non-hydrogen) atoms. The molecule has 0 rings (SSSR count). The monoisotopic (exact) mass is 203 g/mol.